The summed E-state index contributed by atoms with van der Waals surface area (Å²) >= 11 is 5.96. The zero-order chi connectivity index (χ0) is 22.0. The van der Waals surface area contributed by atoms with Crippen LogP contribution in [-0.4, -0.2) is 17.4 Å². The second kappa shape index (κ2) is 8.56. The van der Waals surface area contributed by atoms with Gasteiger partial charge in [0.2, 0.25) is 5.91 Å². The van der Waals surface area contributed by atoms with Crippen LogP contribution in [0.3, 0.4) is 0 Å². The largest absolute Gasteiger partial charge is 0.350 e. The Morgan fingerprint density at radius 2 is 1.77 bits per heavy atom. The smallest absolute Gasteiger partial charge is 0.259 e. The lowest BCUT2D eigenvalue weighted by molar-refractivity contribution is -0.126. The molecular formula is C26H25ClN2O2. The number of benzene rings is 3. The first-order chi connectivity index (χ1) is 14.9. The van der Waals surface area contributed by atoms with Crippen molar-refractivity contribution >= 4 is 29.1 Å². The predicted octanol–water partition coefficient (Wildman–Crippen LogP) is 5.18. The van der Waals surface area contributed by atoms with Gasteiger partial charge in [0, 0.05) is 29.2 Å². The SMILES string of the molecule is CCc1cccc(N2C(=O)c3ccccc3C[C@@]2(C)C(=O)NCc2ccc(Cl)cc2)c1. The Bertz CT molecular complexity index is 1130. The maximum absolute atomic E-state index is 13.6. The molecule has 4 rings (SSSR count). The van der Waals surface area contributed by atoms with Gasteiger partial charge in [0.25, 0.3) is 5.91 Å². The van der Waals surface area contributed by atoms with Crippen LogP contribution in [-0.2, 0) is 24.2 Å². The van der Waals surface area contributed by atoms with Crippen molar-refractivity contribution in [2.75, 3.05) is 4.90 Å². The van der Waals surface area contributed by atoms with Crippen LogP contribution < -0.4 is 10.2 Å². The van der Waals surface area contributed by atoms with E-state index in [1.165, 1.54) is 0 Å². The zero-order valence-corrected chi connectivity index (χ0v) is 18.4. The van der Waals surface area contributed by atoms with Gasteiger partial charge in [0.15, 0.2) is 0 Å². The maximum atomic E-state index is 13.6. The molecule has 0 aliphatic carbocycles. The first kappa shape index (κ1) is 21.1. The zero-order valence-electron chi connectivity index (χ0n) is 17.7. The van der Waals surface area contributed by atoms with Crippen molar-refractivity contribution in [1.82, 2.24) is 5.32 Å². The van der Waals surface area contributed by atoms with Crippen molar-refractivity contribution in [3.8, 4) is 0 Å². The van der Waals surface area contributed by atoms with Gasteiger partial charge in [-0.2, -0.15) is 0 Å². The van der Waals surface area contributed by atoms with Crippen molar-refractivity contribution in [1.29, 1.82) is 0 Å². The first-order valence-corrected chi connectivity index (χ1v) is 10.8. The molecule has 0 saturated heterocycles. The standard InChI is InChI=1S/C26H25ClN2O2/c1-3-18-7-6-9-22(15-18)29-24(30)23-10-5-4-8-20(23)16-26(29,2)25(31)28-17-19-11-13-21(27)14-12-19/h4-15H,3,16-17H2,1-2H3,(H,28,31)/t26-/m0/s1. The van der Waals surface area contributed by atoms with Gasteiger partial charge in [-0.25, -0.2) is 0 Å². The van der Waals surface area contributed by atoms with Crippen molar-refractivity contribution in [2.45, 2.75) is 38.8 Å². The van der Waals surface area contributed by atoms with Crippen molar-refractivity contribution in [3.63, 3.8) is 0 Å². The molecule has 158 valence electrons. The topological polar surface area (TPSA) is 49.4 Å². The van der Waals surface area contributed by atoms with Gasteiger partial charge in [0.1, 0.15) is 5.54 Å². The average Bonchev–Trinajstić information content (AvgIpc) is 2.78. The van der Waals surface area contributed by atoms with Crippen LogP contribution in [0, 0.1) is 0 Å². The number of aryl methyl sites for hydroxylation is 1. The Morgan fingerprint density at radius 1 is 1.03 bits per heavy atom. The van der Waals surface area contributed by atoms with E-state index in [-0.39, 0.29) is 11.8 Å². The lowest BCUT2D eigenvalue weighted by atomic mass is 9.82. The molecule has 1 N–H and O–H groups in total. The van der Waals surface area contributed by atoms with Gasteiger partial charge < -0.3 is 5.32 Å². The third kappa shape index (κ3) is 4.08. The van der Waals surface area contributed by atoms with Crippen LogP contribution >= 0.6 is 11.6 Å². The van der Waals surface area contributed by atoms with E-state index in [9.17, 15) is 9.59 Å². The number of carbonyl (C=O) groups excluding carboxylic acids is 2. The molecule has 0 spiro atoms. The Balaban J connectivity index is 1.71. The fourth-order valence-corrected chi connectivity index (χ4v) is 4.28. The fourth-order valence-electron chi connectivity index (χ4n) is 4.15. The molecule has 0 bridgehead atoms. The highest BCUT2D eigenvalue weighted by Crippen LogP contribution is 2.36. The molecule has 0 saturated carbocycles. The van der Waals surface area contributed by atoms with E-state index in [4.69, 9.17) is 11.6 Å². The van der Waals surface area contributed by atoms with Crippen LogP contribution in [0.15, 0.2) is 72.8 Å². The number of halogens is 1. The summed E-state index contributed by atoms with van der Waals surface area (Å²) in [5.74, 6) is -0.341. The number of hydrogen-bond donors (Lipinski definition) is 1. The summed E-state index contributed by atoms with van der Waals surface area (Å²) in [5.41, 5.74) is 3.29. The van der Waals surface area contributed by atoms with Gasteiger partial charge in [0.05, 0.1) is 0 Å². The average molecular weight is 433 g/mol. The van der Waals surface area contributed by atoms with E-state index in [2.05, 4.69) is 12.2 Å². The molecule has 1 heterocycles. The van der Waals surface area contributed by atoms with Gasteiger partial charge in [-0.1, -0.05) is 61.0 Å². The summed E-state index contributed by atoms with van der Waals surface area (Å²) in [4.78, 5) is 28.8. The number of nitrogens with one attached hydrogen (secondary N) is 1. The van der Waals surface area contributed by atoms with E-state index in [0.29, 0.717) is 23.6 Å². The number of anilines is 1. The molecule has 0 unspecified atom stereocenters. The molecule has 1 aliphatic heterocycles. The Kier molecular flexibility index (Phi) is 5.84. The molecular weight excluding hydrogens is 408 g/mol. The fraction of sp³-hybridized carbons (Fsp3) is 0.231. The summed E-state index contributed by atoms with van der Waals surface area (Å²) in [6.45, 7) is 4.28. The number of fused-ring (bicyclic) bond motifs is 1. The Labute approximate surface area is 187 Å². The molecule has 1 aliphatic rings. The van der Waals surface area contributed by atoms with E-state index in [1.54, 1.807) is 17.0 Å². The molecule has 0 aromatic heterocycles. The van der Waals surface area contributed by atoms with Gasteiger partial charge in [-0.3, -0.25) is 14.5 Å². The van der Waals surface area contributed by atoms with Gasteiger partial charge in [-0.15, -0.1) is 0 Å². The molecule has 3 aromatic rings. The van der Waals surface area contributed by atoms with Crippen LogP contribution in [0.4, 0.5) is 5.69 Å². The van der Waals surface area contributed by atoms with E-state index >= 15 is 0 Å². The minimum Gasteiger partial charge on any atom is -0.350 e. The lowest BCUT2D eigenvalue weighted by Crippen LogP contribution is -2.63. The quantitative estimate of drug-likeness (QED) is 0.603. The molecule has 31 heavy (non-hydrogen) atoms. The normalized spacial score (nSPS) is 17.9. The van der Waals surface area contributed by atoms with Crippen LogP contribution in [0.25, 0.3) is 0 Å². The predicted molar refractivity (Wildman–Crippen MR) is 124 cm³/mol. The van der Waals surface area contributed by atoms with E-state index in [0.717, 1.165) is 28.8 Å². The van der Waals surface area contributed by atoms with Crippen molar-refractivity contribution < 1.29 is 9.59 Å². The second-order valence-corrected chi connectivity index (χ2v) is 8.52. The highest BCUT2D eigenvalue weighted by molar-refractivity contribution is 6.30. The number of hydrogen-bond acceptors (Lipinski definition) is 2. The summed E-state index contributed by atoms with van der Waals surface area (Å²) in [7, 11) is 0. The Morgan fingerprint density at radius 3 is 2.52 bits per heavy atom. The lowest BCUT2D eigenvalue weighted by Gasteiger charge is -2.44. The molecule has 3 aromatic carbocycles. The summed E-state index contributed by atoms with van der Waals surface area (Å²) in [6.07, 6.45) is 1.30. The van der Waals surface area contributed by atoms with E-state index < -0.39 is 5.54 Å². The highest BCUT2D eigenvalue weighted by atomic mass is 35.5. The van der Waals surface area contributed by atoms with Crippen molar-refractivity contribution in [2.24, 2.45) is 0 Å². The molecule has 4 nitrogen and oxygen atoms in total. The van der Waals surface area contributed by atoms with Gasteiger partial charge in [-0.05, 0) is 60.4 Å². The Hall–Kier alpha value is -3.11. The highest BCUT2D eigenvalue weighted by Gasteiger charge is 2.47. The molecule has 2 amide bonds. The maximum Gasteiger partial charge on any atom is 0.259 e. The van der Waals surface area contributed by atoms with Crippen molar-refractivity contribution in [3.05, 3.63) is 100 Å². The third-order valence-corrected chi connectivity index (χ3v) is 6.16. The minimum atomic E-state index is -1.05. The number of nitrogens with zero attached hydrogens (tertiary/aromatic N) is 1. The van der Waals surface area contributed by atoms with Crippen LogP contribution in [0.2, 0.25) is 5.02 Å². The van der Waals surface area contributed by atoms with Gasteiger partial charge >= 0.3 is 0 Å². The minimum absolute atomic E-state index is 0.153. The number of carbonyl (C=O) groups is 2. The summed E-state index contributed by atoms with van der Waals surface area (Å²) in [5, 5.41) is 3.68. The summed E-state index contributed by atoms with van der Waals surface area (Å²) < 4.78 is 0. The third-order valence-electron chi connectivity index (χ3n) is 5.91. The summed E-state index contributed by atoms with van der Waals surface area (Å²) in [6, 6.07) is 22.8. The number of amides is 2. The molecule has 0 radical (unpaired) electrons. The molecule has 5 heteroatoms. The molecule has 0 fully saturated rings. The second-order valence-electron chi connectivity index (χ2n) is 8.08. The first-order valence-electron chi connectivity index (χ1n) is 10.5. The van der Waals surface area contributed by atoms with E-state index in [1.807, 2.05) is 67.6 Å². The number of rotatable bonds is 5. The molecule has 1 atom stereocenters. The van der Waals surface area contributed by atoms with Crippen LogP contribution in [0.5, 0.6) is 0 Å². The monoisotopic (exact) mass is 432 g/mol. The van der Waals surface area contributed by atoms with Crippen LogP contribution in [0.1, 0.15) is 40.9 Å².